The van der Waals surface area contributed by atoms with Crippen molar-refractivity contribution in [2.24, 2.45) is 13.0 Å². The molecule has 1 aromatic carbocycles. The lowest BCUT2D eigenvalue weighted by Gasteiger charge is -2.06. The Morgan fingerprint density at radius 2 is 2.12 bits per heavy atom. The summed E-state index contributed by atoms with van der Waals surface area (Å²) in [6, 6.07) is 6.48. The third-order valence-corrected chi connectivity index (χ3v) is 3.45. The molecule has 0 N–H and O–H groups in total. The summed E-state index contributed by atoms with van der Waals surface area (Å²) in [5.74, 6) is 0.357. The highest BCUT2D eigenvalue weighted by Crippen LogP contribution is 2.24. The number of ketones is 1. The van der Waals surface area contributed by atoms with E-state index in [1.54, 1.807) is 6.92 Å². The lowest BCUT2D eigenvalue weighted by molar-refractivity contribution is -0.120. The first-order valence-electron chi connectivity index (χ1n) is 6.04. The fourth-order valence-electron chi connectivity index (χ4n) is 2.22. The van der Waals surface area contributed by atoms with Crippen molar-refractivity contribution >= 4 is 16.7 Å². The van der Waals surface area contributed by atoms with Crippen molar-refractivity contribution in [1.29, 1.82) is 0 Å². The SMILES string of the molecule is CC(=O)[C@@H](C)Cc1cn(C)c2ccc(C)cc12. The lowest BCUT2D eigenvalue weighted by Crippen LogP contribution is -2.09. The number of nitrogens with zero attached hydrogens (tertiary/aromatic N) is 1. The van der Waals surface area contributed by atoms with Crippen LogP contribution in [0.4, 0.5) is 0 Å². The van der Waals surface area contributed by atoms with Crippen LogP contribution in [-0.2, 0) is 18.3 Å². The van der Waals surface area contributed by atoms with Gasteiger partial charge in [0.2, 0.25) is 0 Å². The van der Waals surface area contributed by atoms with Crippen LogP contribution in [0.15, 0.2) is 24.4 Å². The second-order valence-corrected chi connectivity index (χ2v) is 5.00. The summed E-state index contributed by atoms with van der Waals surface area (Å²) >= 11 is 0. The van der Waals surface area contributed by atoms with Crippen LogP contribution in [0.2, 0.25) is 0 Å². The molecule has 1 heterocycles. The van der Waals surface area contributed by atoms with Gasteiger partial charge in [-0.3, -0.25) is 4.79 Å². The molecule has 0 spiro atoms. The van der Waals surface area contributed by atoms with Crippen molar-refractivity contribution in [3.63, 3.8) is 0 Å². The molecule has 0 saturated heterocycles. The number of benzene rings is 1. The monoisotopic (exact) mass is 229 g/mol. The van der Waals surface area contributed by atoms with Crippen molar-refractivity contribution < 1.29 is 4.79 Å². The zero-order valence-corrected chi connectivity index (χ0v) is 10.9. The molecular formula is C15H19NO. The Bertz CT molecular complexity index is 566. The van der Waals surface area contributed by atoms with Gasteiger partial charge in [0.25, 0.3) is 0 Å². The van der Waals surface area contributed by atoms with E-state index in [0.29, 0.717) is 0 Å². The molecule has 0 unspecified atom stereocenters. The normalized spacial score (nSPS) is 12.9. The molecule has 2 rings (SSSR count). The van der Waals surface area contributed by atoms with Crippen molar-refractivity contribution in [3.8, 4) is 0 Å². The quantitative estimate of drug-likeness (QED) is 0.792. The smallest absolute Gasteiger partial charge is 0.132 e. The average Bonchev–Trinajstić information content (AvgIpc) is 2.55. The summed E-state index contributed by atoms with van der Waals surface area (Å²) in [7, 11) is 2.06. The first kappa shape index (κ1) is 11.9. The van der Waals surface area contributed by atoms with Crippen molar-refractivity contribution in [2.75, 3.05) is 0 Å². The number of Topliss-reactive ketones (excluding diaryl/α,β-unsaturated/α-hetero) is 1. The van der Waals surface area contributed by atoms with E-state index in [1.807, 2.05) is 6.92 Å². The summed E-state index contributed by atoms with van der Waals surface area (Å²) in [6.45, 7) is 5.77. The first-order chi connectivity index (χ1) is 7.99. The van der Waals surface area contributed by atoms with Gasteiger partial charge in [0.05, 0.1) is 0 Å². The van der Waals surface area contributed by atoms with Gasteiger partial charge in [-0.15, -0.1) is 0 Å². The number of rotatable bonds is 3. The molecule has 1 aromatic heterocycles. The molecule has 2 nitrogen and oxygen atoms in total. The molecule has 0 fully saturated rings. The Morgan fingerprint density at radius 3 is 2.76 bits per heavy atom. The Balaban J connectivity index is 2.47. The minimum Gasteiger partial charge on any atom is -0.350 e. The maximum absolute atomic E-state index is 11.4. The van der Waals surface area contributed by atoms with E-state index in [0.717, 1.165) is 6.42 Å². The Kier molecular flexibility index (Phi) is 3.05. The average molecular weight is 229 g/mol. The van der Waals surface area contributed by atoms with Crippen molar-refractivity contribution in [1.82, 2.24) is 4.57 Å². The highest BCUT2D eigenvalue weighted by atomic mass is 16.1. The molecule has 0 amide bonds. The summed E-state index contributed by atoms with van der Waals surface area (Å²) in [5, 5.41) is 1.28. The van der Waals surface area contributed by atoms with Crippen LogP contribution in [0.3, 0.4) is 0 Å². The van der Waals surface area contributed by atoms with E-state index in [9.17, 15) is 4.79 Å². The molecule has 17 heavy (non-hydrogen) atoms. The van der Waals surface area contributed by atoms with E-state index in [2.05, 4.69) is 42.9 Å². The van der Waals surface area contributed by atoms with Crippen molar-refractivity contribution in [3.05, 3.63) is 35.5 Å². The number of carbonyl (C=O) groups is 1. The van der Waals surface area contributed by atoms with Gasteiger partial charge in [-0.25, -0.2) is 0 Å². The number of carbonyl (C=O) groups excluding carboxylic acids is 1. The number of aromatic nitrogens is 1. The third-order valence-electron chi connectivity index (χ3n) is 3.45. The van der Waals surface area contributed by atoms with Gasteiger partial charge in [-0.05, 0) is 38.0 Å². The van der Waals surface area contributed by atoms with Gasteiger partial charge >= 0.3 is 0 Å². The fraction of sp³-hybridized carbons (Fsp3) is 0.400. The summed E-state index contributed by atoms with van der Waals surface area (Å²) in [4.78, 5) is 11.4. The van der Waals surface area contributed by atoms with E-state index >= 15 is 0 Å². The molecule has 0 bridgehead atoms. The number of hydrogen-bond acceptors (Lipinski definition) is 1. The number of fused-ring (bicyclic) bond motifs is 1. The van der Waals surface area contributed by atoms with Gasteiger partial charge in [0.15, 0.2) is 0 Å². The van der Waals surface area contributed by atoms with Crippen LogP contribution in [0, 0.1) is 12.8 Å². The third kappa shape index (κ3) is 2.26. The fourth-order valence-corrected chi connectivity index (χ4v) is 2.22. The van der Waals surface area contributed by atoms with Gasteiger partial charge in [-0.2, -0.15) is 0 Å². The predicted octanol–water partition coefficient (Wildman–Crippen LogP) is 3.25. The molecule has 90 valence electrons. The van der Waals surface area contributed by atoms with Gasteiger partial charge in [0.1, 0.15) is 5.78 Å². The lowest BCUT2D eigenvalue weighted by atomic mass is 9.97. The second kappa shape index (κ2) is 4.36. The van der Waals surface area contributed by atoms with E-state index in [-0.39, 0.29) is 11.7 Å². The molecular weight excluding hydrogens is 210 g/mol. The highest BCUT2D eigenvalue weighted by molar-refractivity contribution is 5.86. The summed E-state index contributed by atoms with van der Waals surface area (Å²) < 4.78 is 2.14. The number of aryl methyl sites for hydroxylation is 2. The Labute approximate surface area is 102 Å². The molecule has 0 aliphatic carbocycles. The molecule has 0 aliphatic heterocycles. The molecule has 2 heteroatoms. The van der Waals surface area contributed by atoms with Crippen LogP contribution in [0.25, 0.3) is 10.9 Å². The van der Waals surface area contributed by atoms with Crippen LogP contribution >= 0.6 is 0 Å². The molecule has 2 aromatic rings. The van der Waals surface area contributed by atoms with Crippen LogP contribution in [0.5, 0.6) is 0 Å². The predicted molar refractivity (Wildman–Crippen MR) is 71.2 cm³/mol. The molecule has 0 aliphatic rings. The topological polar surface area (TPSA) is 22.0 Å². The van der Waals surface area contributed by atoms with Crippen molar-refractivity contribution in [2.45, 2.75) is 27.2 Å². The van der Waals surface area contributed by atoms with Crippen LogP contribution < -0.4 is 0 Å². The van der Waals surface area contributed by atoms with E-state index < -0.39 is 0 Å². The Morgan fingerprint density at radius 1 is 1.41 bits per heavy atom. The minimum atomic E-state index is 0.0983. The Hall–Kier alpha value is -1.57. The maximum atomic E-state index is 11.4. The van der Waals surface area contributed by atoms with Crippen LogP contribution in [-0.4, -0.2) is 10.4 Å². The van der Waals surface area contributed by atoms with E-state index in [4.69, 9.17) is 0 Å². The minimum absolute atomic E-state index is 0.0983. The van der Waals surface area contributed by atoms with Gasteiger partial charge < -0.3 is 4.57 Å². The van der Waals surface area contributed by atoms with Gasteiger partial charge in [0, 0.05) is 30.1 Å². The maximum Gasteiger partial charge on any atom is 0.132 e. The van der Waals surface area contributed by atoms with Crippen LogP contribution in [0.1, 0.15) is 25.0 Å². The molecule has 0 radical (unpaired) electrons. The molecule has 0 saturated carbocycles. The second-order valence-electron chi connectivity index (χ2n) is 5.00. The van der Waals surface area contributed by atoms with E-state index in [1.165, 1.54) is 22.0 Å². The first-order valence-corrected chi connectivity index (χ1v) is 6.04. The zero-order valence-electron chi connectivity index (χ0n) is 10.9. The largest absolute Gasteiger partial charge is 0.350 e. The summed E-state index contributed by atoms with van der Waals surface area (Å²) in [6.07, 6.45) is 2.97. The number of hydrogen-bond donors (Lipinski definition) is 0. The zero-order chi connectivity index (χ0) is 12.6. The highest BCUT2D eigenvalue weighted by Gasteiger charge is 2.13. The van der Waals surface area contributed by atoms with Gasteiger partial charge in [-0.1, -0.05) is 18.6 Å². The standard InChI is InChI=1S/C15H19NO/c1-10-5-6-15-14(7-10)13(9-16(15)4)8-11(2)12(3)17/h5-7,9,11H,8H2,1-4H3/t11-/m0/s1. The molecule has 1 atom stereocenters. The summed E-state index contributed by atoms with van der Waals surface area (Å²) in [5.41, 5.74) is 3.77.